The second kappa shape index (κ2) is 11.4. The van der Waals surface area contributed by atoms with Crippen LogP contribution in [0.2, 0.25) is 0 Å². The van der Waals surface area contributed by atoms with Crippen LogP contribution in [0.1, 0.15) is 49.3 Å². The first-order valence-electron chi connectivity index (χ1n) is 11.9. The number of carbonyl (C=O) groups is 2. The molecule has 16 heteroatoms. The third-order valence-corrected chi connectivity index (χ3v) is 9.90. The molecule has 0 radical (unpaired) electrons. The zero-order valence-corrected chi connectivity index (χ0v) is 21.1. The lowest BCUT2D eigenvalue weighted by molar-refractivity contribution is -0.284. The number of amides is 2. The van der Waals surface area contributed by atoms with E-state index in [2.05, 4.69) is 4.98 Å². The van der Waals surface area contributed by atoms with Gasteiger partial charge >= 0.3 is 12.1 Å². The van der Waals surface area contributed by atoms with Gasteiger partial charge in [-0.3, -0.25) is 19.8 Å². The molecule has 0 bridgehead atoms. The number of hydrogen-bond acceptors (Lipinski definition) is 7. The van der Waals surface area contributed by atoms with Gasteiger partial charge in [-0.2, -0.15) is 22.0 Å². The van der Waals surface area contributed by atoms with Crippen molar-refractivity contribution in [2.45, 2.75) is 61.3 Å². The largest absolute Gasteiger partial charge is 0.453 e. The van der Waals surface area contributed by atoms with E-state index in [1.54, 1.807) is 0 Å². The molecule has 0 aliphatic carbocycles. The first kappa shape index (κ1) is 30.1. The van der Waals surface area contributed by atoms with Gasteiger partial charge in [-0.15, -0.1) is 0 Å². The molecule has 3 N–H and O–H groups in total. The summed E-state index contributed by atoms with van der Waals surface area (Å²) >= 11 is 0. The Kier molecular flexibility index (Phi) is 9.00. The first-order chi connectivity index (χ1) is 17.7. The van der Waals surface area contributed by atoms with Crippen LogP contribution in [0, 0.1) is 0 Å². The van der Waals surface area contributed by atoms with Crippen LogP contribution in [0.15, 0.2) is 18.3 Å². The third kappa shape index (κ3) is 5.92. The minimum Gasteiger partial charge on any atom is -0.387 e. The van der Waals surface area contributed by atoms with Crippen molar-refractivity contribution < 1.29 is 50.3 Å². The van der Waals surface area contributed by atoms with Gasteiger partial charge in [0.1, 0.15) is 6.61 Å². The van der Waals surface area contributed by atoms with Crippen LogP contribution in [-0.2, 0) is 26.0 Å². The smallest absolute Gasteiger partial charge is 0.387 e. The molecule has 0 aromatic carbocycles. The van der Waals surface area contributed by atoms with Crippen molar-refractivity contribution in [3.8, 4) is 0 Å². The maximum Gasteiger partial charge on any atom is 0.453 e. The molecule has 2 aliphatic rings. The lowest BCUT2D eigenvalue weighted by Gasteiger charge is -2.43. The second-order valence-electron chi connectivity index (χ2n) is 9.45. The van der Waals surface area contributed by atoms with E-state index in [1.807, 2.05) is 0 Å². The molecule has 38 heavy (non-hydrogen) atoms. The van der Waals surface area contributed by atoms with E-state index >= 15 is 0 Å². The highest BCUT2D eigenvalue weighted by Gasteiger charge is 2.57. The number of nitrogens with zero attached hydrogens (tertiary/aromatic N) is 3. The van der Waals surface area contributed by atoms with Gasteiger partial charge in [-0.05, 0) is 43.7 Å². The van der Waals surface area contributed by atoms with Crippen LogP contribution in [0.5, 0.6) is 0 Å². The molecule has 0 atom stereocenters. The number of aliphatic hydroxyl groups excluding tert-OH is 1. The predicted octanol–water partition coefficient (Wildman–Crippen LogP) is 1.58. The zero-order valence-electron chi connectivity index (χ0n) is 20.3. The Morgan fingerprint density at radius 1 is 1.08 bits per heavy atom. The van der Waals surface area contributed by atoms with Gasteiger partial charge < -0.3 is 10.0 Å². The number of aromatic nitrogens is 1. The number of rotatable bonds is 8. The highest BCUT2D eigenvalue weighted by atomic mass is 32.2. The molecule has 0 saturated carbocycles. The molecular weight excluding hydrogens is 543 g/mol. The maximum absolute atomic E-state index is 13.6. The Labute approximate surface area is 215 Å². The number of nitrogens with one attached hydrogen (secondary N) is 1. The van der Waals surface area contributed by atoms with Crippen molar-refractivity contribution in [1.82, 2.24) is 19.7 Å². The van der Waals surface area contributed by atoms with Crippen molar-refractivity contribution in [1.29, 1.82) is 0 Å². The summed E-state index contributed by atoms with van der Waals surface area (Å²) < 4.78 is 89.7. The molecule has 3 heterocycles. The minimum atomic E-state index is -5.63. The quantitative estimate of drug-likeness (QED) is 0.244. The van der Waals surface area contributed by atoms with Crippen LogP contribution in [-0.4, -0.2) is 94.4 Å². The number of likely N-dealkylation sites (tertiary alicyclic amines) is 1. The molecule has 0 unspecified atom stereocenters. The number of piperidine rings is 2. The Bertz CT molecular complexity index is 1100. The number of halogens is 5. The summed E-state index contributed by atoms with van der Waals surface area (Å²) in [5, 5.41) is 18.3. The lowest BCUT2D eigenvalue weighted by Crippen LogP contribution is -2.62. The number of alkyl halides is 5. The highest BCUT2D eigenvalue weighted by Crippen LogP contribution is 2.39. The standard InChI is InChI=1S/C22H29F5N4O6S/c23-21(24,22(25,26)27)6-3-15-1-2-17(28-13-15)16-4-9-31(10-5-16)38(36,37)20(19(34)29-35)7-11-30(12-8-20)18(33)14-32/h1-2,13,16,32,35H,3-12,14H2,(H,29,34). The summed E-state index contributed by atoms with van der Waals surface area (Å²) in [7, 11) is -4.28. The number of carbonyl (C=O) groups excluding carboxylic acids is 2. The SMILES string of the molecule is O=C(CO)N1CCC(C(=O)NO)(S(=O)(=O)N2CCC(c3ccc(CCC(F)(F)C(F)(F)F)cn3)CC2)CC1. The van der Waals surface area contributed by atoms with E-state index in [0.29, 0.717) is 18.5 Å². The van der Waals surface area contributed by atoms with Gasteiger partial charge in [0, 0.05) is 50.4 Å². The molecule has 1 aromatic heterocycles. The summed E-state index contributed by atoms with van der Waals surface area (Å²) in [4.78, 5) is 29.8. The van der Waals surface area contributed by atoms with E-state index in [-0.39, 0.29) is 50.5 Å². The molecule has 10 nitrogen and oxygen atoms in total. The number of hydroxylamine groups is 1. The van der Waals surface area contributed by atoms with Crippen LogP contribution in [0.25, 0.3) is 0 Å². The minimum absolute atomic E-state index is 0.0218. The fourth-order valence-electron chi connectivity index (χ4n) is 4.83. The van der Waals surface area contributed by atoms with Crippen LogP contribution >= 0.6 is 0 Å². The highest BCUT2D eigenvalue weighted by molar-refractivity contribution is 7.91. The Hall–Kier alpha value is -2.43. The van der Waals surface area contributed by atoms with Gasteiger partial charge in [0.05, 0.1) is 0 Å². The number of hydrogen-bond donors (Lipinski definition) is 3. The Morgan fingerprint density at radius 2 is 1.68 bits per heavy atom. The van der Waals surface area contributed by atoms with E-state index in [9.17, 15) is 45.2 Å². The summed E-state index contributed by atoms with van der Waals surface area (Å²) in [6, 6.07) is 2.93. The molecule has 214 valence electrons. The first-order valence-corrected chi connectivity index (χ1v) is 13.3. The van der Waals surface area contributed by atoms with E-state index in [4.69, 9.17) is 5.11 Å². The number of aryl methyl sites for hydroxylation is 1. The van der Waals surface area contributed by atoms with Crippen molar-refractivity contribution in [3.63, 3.8) is 0 Å². The number of pyridine rings is 1. The topological polar surface area (TPSA) is 140 Å². The zero-order chi connectivity index (χ0) is 28.4. The molecule has 0 spiro atoms. The van der Waals surface area contributed by atoms with Crippen LogP contribution in [0.4, 0.5) is 22.0 Å². The van der Waals surface area contributed by atoms with Crippen molar-refractivity contribution in [2.75, 3.05) is 32.8 Å². The molecule has 2 aliphatic heterocycles. The van der Waals surface area contributed by atoms with Gasteiger partial charge in [0.25, 0.3) is 5.91 Å². The molecule has 2 fully saturated rings. The average molecular weight is 573 g/mol. The summed E-state index contributed by atoms with van der Waals surface area (Å²) in [5.74, 6) is -6.73. The van der Waals surface area contributed by atoms with E-state index in [0.717, 1.165) is 4.31 Å². The van der Waals surface area contributed by atoms with E-state index in [1.165, 1.54) is 28.7 Å². The van der Waals surface area contributed by atoms with Gasteiger partial charge in [0.2, 0.25) is 15.9 Å². The van der Waals surface area contributed by atoms with Crippen molar-refractivity contribution in [2.24, 2.45) is 0 Å². The van der Waals surface area contributed by atoms with Crippen molar-refractivity contribution in [3.05, 3.63) is 29.6 Å². The van der Waals surface area contributed by atoms with Gasteiger partial charge in [-0.1, -0.05) is 6.07 Å². The molecule has 1 aromatic rings. The van der Waals surface area contributed by atoms with E-state index < -0.39 is 58.1 Å². The second-order valence-corrected chi connectivity index (χ2v) is 11.7. The van der Waals surface area contributed by atoms with Gasteiger partial charge in [0.15, 0.2) is 4.75 Å². The van der Waals surface area contributed by atoms with Gasteiger partial charge in [-0.25, -0.2) is 18.2 Å². The van der Waals surface area contributed by atoms with Crippen LogP contribution in [0.3, 0.4) is 0 Å². The summed E-state index contributed by atoms with van der Waals surface area (Å²) in [5.41, 5.74) is 2.17. The monoisotopic (exact) mass is 572 g/mol. The van der Waals surface area contributed by atoms with Crippen molar-refractivity contribution >= 4 is 21.8 Å². The molecular formula is C22H29F5N4O6S. The Balaban J connectivity index is 1.64. The average Bonchev–Trinajstić information content (AvgIpc) is 2.90. The normalized spacial score (nSPS) is 19.8. The Morgan fingerprint density at radius 3 is 2.16 bits per heavy atom. The third-order valence-electron chi connectivity index (χ3n) is 7.27. The maximum atomic E-state index is 13.6. The number of sulfonamides is 1. The fourth-order valence-corrected chi connectivity index (χ4v) is 6.99. The summed E-state index contributed by atoms with van der Waals surface area (Å²) in [6.07, 6.45) is -6.25. The lowest BCUT2D eigenvalue weighted by atomic mass is 9.93. The fraction of sp³-hybridized carbons (Fsp3) is 0.682. The molecule has 2 amide bonds. The number of aliphatic hydroxyl groups is 1. The molecule has 2 saturated heterocycles. The van der Waals surface area contributed by atoms with Crippen LogP contribution < -0.4 is 5.48 Å². The summed E-state index contributed by atoms with van der Waals surface area (Å²) in [6.45, 7) is -0.919. The molecule has 3 rings (SSSR count). The predicted molar refractivity (Wildman–Crippen MR) is 122 cm³/mol.